The zero-order valence-corrected chi connectivity index (χ0v) is 13.5. The maximum absolute atomic E-state index is 11.3. The zero-order valence-electron chi connectivity index (χ0n) is 11.9. The van der Waals surface area contributed by atoms with E-state index in [9.17, 15) is 8.42 Å². The molecule has 0 radical (unpaired) electrons. The molecule has 0 aliphatic rings. The van der Waals surface area contributed by atoms with E-state index in [0.717, 1.165) is 27.0 Å². The van der Waals surface area contributed by atoms with Crippen LogP contribution in [0.5, 0.6) is 5.88 Å². The second-order valence-corrected chi connectivity index (χ2v) is 7.44. The maximum atomic E-state index is 11.3. The summed E-state index contributed by atoms with van der Waals surface area (Å²) in [7, 11) is -1.72. The SMILES string of the molecule is COc1ccc(-c2nc3ccc(NS(C)(=O)=O)cc3s2)cn1. The first-order valence-electron chi connectivity index (χ1n) is 6.33. The summed E-state index contributed by atoms with van der Waals surface area (Å²) in [6.45, 7) is 0. The van der Waals surface area contributed by atoms with Gasteiger partial charge in [-0.15, -0.1) is 11.3 Å². The molecule has 0 fully saturated rings. The average molecular weight is 335 g/mol. The number of fused-ring (bicyclic) bond motifs is 1. The van der Waals surface area contributed by atoms with Crippen molar-refractivity contribution in [2.75, 3.05) is 18.1 Å². The molecule has 1 N–H and O–H groups in total. The first-order valence-corrected chi connectivity index (χ1v) is 9.04. The molecule has 0 spiro atoms. The number of pyridine rings is 1. The van der Waals surface area contributed by atoms with Gasteiger partial charge in [-0.1, -0.05) is 0 Å². The zero-order chi connectivity index (χ0) is 15.7. The average Bonchev–Trinajstić information content (AvgIpc) is 2.89. The molecule has 2 heterocycles. The largest absolute Gasteiger partial charge is 0.481 e. The van der Waals surface area contributed by atoms with E-state index in [-0.39, 0.29) is 0 Å². The van der Waals surface area contributed by atoms with Gasteiger partial charge >= 0.3 is 0 Å². The third-order valence-electron chi connectivity index (χ3n) is 2.88. The van der Waals surface area contributed by atoms with Gasteiger partial charge < -0.3 is 4.74 Å². The number of ether oxygens (including phenoxy) is 1. The van der Waals surface area contributed by atoms with Gasteiger partial charge in [0.25, 0.3) is 0 Å². The molecule has 114 valence electrons. The number of aromatic nitrogens is 2. The van der Waals surface area contributed by atoms with Crippen molar-refractivity contribution in [3.8, 4) is 16.5 Å². The molecule has 0 aliphatic carbocycles. The lowest BCUT2D eigenvalue weighted by Crippen LogP contribution is -2.09. The van der Waals surface area contributed by atoms with Gasteiger partial charge in [-0.2, -0.15) is 0 Å². The number of nitrogens with one attached hydrogen (secondary N) is 1. The number of hydrogen-bond donors (Lipinski definition) is 1. The van der Waals surface area contributed by atoms with E-state index in [2.05, 4.69) is 14.7 Å². The number of rotatable bonds is 4. The molecule has 0 aliphatic heterocycles. The Balaban J connectivity index is 1.98. The molecule has 3 rings (SSSR count). The highest BCUT2D eigenvalue weighted by atomic mass is 32.2. The first-order chi connectivity index (χ1) is 10.4. The Morgan fingerprint density at radius 2 is 2.05 bits per heavy atom. The highest BCUT2D eigenvalue weighted by Crippen LogP contribution is 2.32. The highest BCUT2D eigenvalue weighted by Gasteiger charge is 2.09. The van der Waals surface area contributed by atoms with Gasteiger partial charge in [0.15, 0.2) is 0 Å². The number of methoxy groups -OCH3 is 1. The molecule has 2 aromatic heterocycles. The Kier molecular flexibility index (Phi) is 3.71. The summed E-state index contributed by atoms with van der Waals surface area (Å²) in [5.41, 5.74) is 2.23. The van der Waals surface area contributed by atoms with Crippen molar-refractivity contribution in [3.05, 3.63) is 36.5 Å². The second kappa shape index (κ2) is 5.54. The molecule has 8 heteroatoms. The van der Waals surface area contributed by atoms with Gasteiger partial charge in [0.2, 0.25) is 15.9 Å². The fourth-order valence-corrected chi connectivity index (χ4v) is 3.50. The molecule has 0 atom stereocenters. The summed E-state index contributed by atoms with van der Waals surface area (Å²) in [4.78, 5) is 8.70. The second-order valence-electron chi connectivity index (χ2n) is 4.66. The number of sulfonamides is 1. The van der Waals surface area contributed by atoms with Crippen molar-refractivity contribution >= 4 is 37.3 Å². The maximum Gasteiger partial charge on any atom is 0.229 e. The summed E-state index contributed by atoms with van der Waals surface area (Å²) in [6.07, 6.45) is 2.82. The summed E-state index contributed by atoms with van der Waals surface area (Å²) < 4.78 is 31.0. The van der Waals surface area contributed by atoms with Gasteiger partial charge in [-0.25, -0.2) is 18.4 Å². The minimum Gasteiger partial charge on any atom is -0.481 e. The van der Waals surface area contributed by atoms with Crippen molar-refractivity contribution in [1.29, 1.82) is 0 Å². The number of thiazole rings is 1. The monoisotopic (exact) mass is 335 g/mol. The Morgan fingerprint density at radius 1 is 1.23 bits per heavy atom. The van der Waals surface area contributed by atoms with Crippen LogP contribution in [0.3, 0.4) is 0 Å². The number of hydrogen-bond acceptors (Lipinski definition) is 6. The van der Waals surface area contributed by atoms with Gasteiger partial charge in [0, 0.05) is 17.8 Å². The predicted octanol–water partition coefficient (Wildman–Crippen LogP) is 2.74. The third-order valence-corrected chi connectivity index (χ3v) is 4.56. The Labute approximate surface area is 131 Å². The van der Waals surface area contributed by atoms with Crippen LogP contribution in [0, 0.1) is 0 Å². The van der Waals surface area contributed by atoms with Gasteiger partial charge in [-0.05, 0) is 24.3 Å². The lowest BCUT2D eigenvalue weighted by atomic mass is 10.3. The normalized spacial score (nSPS) is 11.5. The van der Waals surface area contributed by atoms with Crippen molar-refractivity contribution in [3.63, 3.8) is 0 Å². The smallest absolute Gasteiger partial charge is 0.229 e. The predicted molar refractivity (Wildman–Crippen MR) is 87.9 cm³/mol. The Hall–Kier alpha value is -2.19. The standard InChI is InChI=1S/C14H13N3O3S2/c1-20-13-6-3-9(8-15-13)14-16-11-5-4-10(7-12(11)21-14)17-22(2,18)19/h3-8,17H,1-2H3. The molecule has 6 nitrogen and oxygen atoms in total. The van der Waals surface area contributed by atoms with E-state index in [4.69, 9.17) is 4.74 Å². The number of nitrogens with zero attached hydrogens (tertiary/aromatic N) is 2. The van der Waals surface area contributed by atoms with Gasteiger partial charge in [0.05, 0.1) is 29.3 Å². The van der Waals surface area contributed by atoms with Crippen LogP contribution in [0.15, 0.2) is 36.5 Å². The molecule has 0 amide bonds. The minimum atomic E-state index is -3.29. The topological polar surface area (TPSA) is 81.2 Å². The van der Waals surface area contributed by atoms with Crippen LogP contribution in [0.1, 0.15) is 0 Å². The quantitative estimate of drug-likeness (QED) is 0.793. The van der Waals surface area contributed by atoms with Crippen LogP contribution in [0.25, 0.3) is 20.8 Å². The lowest BCUT2D eigenvalue weighted by molar-refractivity contribution is 0.398. The summed E-state index contributed by atoms with van der Waals surface area (Å²) in [6, 6.07) is 8.92. The van der Waals surface area contributed by atoms with E-state index in [0.29, 0.717) is 11.6 Å². The van der Waals surface area contributed by atoms with E-state index in [1.807, 2.05) is 6.07 Å². The Morgan fingerprint density at radius 3 is 2.68 bits per heavy atom. The summed E-state index contributed by atoms with van der Waals surface area (Å²) in [5, 5.41) is 0.821. The van der Waals surface area contributed by atoms with Crippen LogP contribution < -0.4 is 9.46 Å². The Bertz CT molecular complexity index is 918. The van der Waals surface area contributed by atoms with Gasteiger partial charge in [0.1, 0.15) is 5.01 Å². The number of anilines is 1. The fraction of sp³-hybridized carbons (Fsp3) is 0.143. The van der Waals surface area contributed by atoms with Crippen molar-refractivity contribution in [2.24, 2.45) is 0 Å². The van der Waals surface area contributed by atoms with E-state index >= 15 is 0 Å². The third kappa shape index (κ3) is 3.18. The molecule has 0 unspecified atom stereocenters. The van der Waals surface area contributed by atoms with E-state index < -0.39 is 10.0 Å². The van der Waals surface area contributed by atoms with E-state index in [1.165, 1.54) is 11.3 Å². The van der Waals surface area contributed by atoms with Gasteiger partial charge in [-0.3, -0.25) is 4.72 Å². The summed E-state index contributed by atoms with van der Waals surface area (Å²) >= 11 is 1.48. The molecular formula is C14H13N3O3S2. The molecule has 22 heavy (non-hydrogen) atoms. The fourth-order valence-electron chi connectivity index (χ4n) is 1.95. The molecule has 0 saturated heterocycles. The van der Waals surface area contributed by atoms with Crippen molar-refractivity contribution in [2.45, 2.75) is 0 Å². The van der Waals surface area contributed by atoms with Crippen LogP contribution in [0.2, 0.25) is 0 Å². The lowest BCUT2D eigenvalue weighted by Gasteiger charge is -2.02. The van der Waals surface area contributed by atoms with Crippen LogP contribution in [-0.4, -0.2) is 31.8 Å². The van der Waals surface area contributed by atoms with E-state index in [1.54, 1.807) is 37.6 Å². The first kappa shape index (κ1) is 14.7. The van der Waals surface area contributed by atoms with Crippen LogP contribution >= 0.6 is 11.3 Å². The molecule has 1 aromatic carbocycles. The molecule has 3 aromatic rings. The molecular weight excluding hydrogens is 322 g/mol. The van der Waals surface area contributed by atoms with Crippen LogP contribution in [-0.2, 0) is 10.0 Å². The highest BCUT2D eigenvalue weighted by molar-refractivity contribution is 7.92. The van der Waals surface area contributed by atoms with Crippen molar-refractivity contribution in [1.82, 2.24) is 9.97 Å². The number of benzene rings is 1. The molecule has 0 saturated carbocycles. The minimum absolute atomic E-state index is 0.526. The molecule has 0 bridgehead atoms. The van der Waals surface area contributed by atoms with Crippen molar-refractivity contribution < 1.29 is 13.2 Å². The summed E-state index contributed by atoms with van der Waals surface area (Å²) in [5.74, 6) is 0.546. The van der Waals surface area contributed by atoms with Crippen LogP contribution in [0.4, 0.5) is 5.69 Å².